The molecule has 0 aromatic heterocycles. The average molecular weight is 494 g/mol. The summed E-state index contributed by atoms with van der Waals surface area (Å²) in [5, 5.41) is 16.2. The van der Waals surface area contributed by atoms with Gasteiger partial charge in [0.1, 0.15) is 5.70 Å². The smallest absolute Gasteiger partial charge is 0.353 e. The number of fused-ring (bicyclic) bond motifs is 1. The maximum absolute atomic E-state index is 13.1. The Hall–Kier alpha value is -2.11. The summed E-state index contributed by atoms with van der Waals surface area (Å²) in [6.07, 6.45) is 2.83. The number of carboxylic acids is 1. The van der Waals surface area contributed by atoms with Crippen LogP contribution in [0, 0.1) is 17.8 Å². The Morgan fingerprint density at radius 2 is 1.97 bits per heavy atom. The molecule has 3 fully saturated rings. The highest BCUT2D eigenvalue weighted by atomic mass is 32.2. The summed E-state index contributed by atoms with van der Waals surface area (Å²) in [6.45, 7) is 4.37. The molecule has 3 amide bonds. The van der Waals surface area contributed by atoms with Gasteiger partial charge in [0.15, 0.2) is 0 Å². The number of carbonyl (C=O) groups excluding carboxylic acids is 3. The first-order valence-corrected chi connectivity index (χ1v) is 12.9. The summed E-state index contributed by atoms with van der Waals surface area (Å²) < 4.78 is 0. The molecule has 0 radical (unpaired) electrons. The topological polar surface area (TPSA) is 145 Å². The highest BCUT2D eigenvalue weighted by Crippen LogP contribution is 2.52. The van der Waals surface area contributed by atoms with Gasteiger partial charge in [-0.3, -0.25) is 14.4 Å². The maximum atomic E-state index is 13.1. The molecule has 0 aromatic carbocycles. The molecule has 0 bridgehead atoms. The Balaban J connectivity index is 1.44. The van der Waals surface area contributed by atoms with Crippen molar-refractivity contribution in [3.8, 4) is 0 Å². The number of hydrogen-bond donors (Lipinski definition) is 4. The Labute approximate surface area is 204 Å². The number of likely N-dealkylation sites (N-methyl/N-ethyl adjacent to an activating group) is 1. The van der Waals surface area contributed by atoms with Crippen molar-refractivity contribution in [2.75, 3.05) is 20.6 Å². The zero-order valence-electron chi connectivity index (χ0n) is 20.1. The van der Waals surface area contributed by atoms with Gasteiger partial charge in [0, 0.05) is 54.7 Å². The van der Waals surface area contributed by atoms with Gasteiger partial charge < -0.3 is 31.3 Å². The van der Waals surface area contributed by atoms with E-state index in [0.29, 0.717) is 24.3 Å². The first-order chi connectivity index (χ1) is 16.0. The number of thioether (sulfide) groups is 1. The fourth-order valence-corrected chi connectivity index (χ4v) is 7.33. The molecule has 1 unspecified atom stereocenters. The van der Waals surface area contributed by atoms with Crippen molar-refractivity contribution in [3.63, 3.8) is 0 Å². The van der Waals surface area contributed by atoms with Crippen molar-refractivity contribution in [3.05, 3.63) is 10.6 Å². The molecule has 34 heavy (non-hydrogen) atoms. The van der Waals surface area contributed by atoms with Gasteiger partial charge in [-0.25, -0.2) is 4.79 Å². The molecule has 4 rings (SSSR count). The van der Waals surface area contributed by atoms with Crippen molar-refractivity contribution < 1.29 is 24.3 Å². The maximum Gasteiger partial charge on any atom is 0.353 e. The van der Waals surface area contributed by atoms with Gasteiger partial charge in [0.05, 0.1) is 18.0 Å². The van der Waals surface area contributed by atoms with E-state index >= 15 is 0 Å². The van der Waals surface area contributed by atoms with Crippen LogP contribution in [0.5, 0.6) is 0 Å². The van der Waals surface area contributed by atoms with E-state index in [4.69, 9.17) is 5.73 Å². The van der Waals surface area contributed by atoms with E-state index in [1.807, 2.05) is 13.8 Å². The van der Waals surface area contributed by atoms with Crippen LogP contribution < -0.4 is 16.4 Å². The summed E-state index contributed by atoms with van der Waals surface area (Å²) in [7, 11) is 3.43. The number of β-lactam (4-membered cyclic amide) rings is 1. The molecule has 8 atom stereocenters. The zero-order valence-corrected chi connectivity index (χ0v) is 20.9. The molecule has 1 aliphatic carbocycles. The highest BCUT2D eigenvalue weighted by Gasteiger charge is 2.60. The minimum Gasteiger partial charge on any atom is -0.477 e. The summed E-state index contributed by atoms with van der Waals surface area (Å²) in [6, 6.07) is -0.935. The third kappa shape index (κ3) is 4.33. The van der Waals surface area contributed by atoms with Crippen LogP contribution in [0.4, 0.5) is 0 Å². The third-order valence-corrected chi connectivity index (χ3v) is 9.18. The van der Waals surface area contributed by atoms with E-state index in [2.05, 4.69) is 10.6 Å². The molecule has 11 heteroatoms. The third-order valence-electron chi connectivity index (χ3n) is 7.67. The molecule has 0 spiro atoms. The van der Waals surface area contributed by atoms with Gasteiger partial charge in [-0.15, -0.1) is 11.8 Å². The SMILES string of the molecule is CC(NC(=O)[C@H]1CC[C@@H](N)C1)[C@H]1C(=O)N2C(C(=O)O)=C(S[C@@H]3CN[C@H](C(=O)N(C)C)C3)[C@H](C)[C@H]12. The average Bonchev–Trinajstić information content (AvgIpc) is 3.46. The number of nitrogens with zero attached hydrogens (tertiary/aromatic N) is 2. The predicted octanol–water partition coefficient (Wildman–Crippen LogP) is -0.0567. The highest BCUT2D eigenvalue weighted by molar-refractivity contribution is 8.03. The molecule has 4 aliphatic rings. The van der Waals surface area contributed by atoms with E-state index in [-0.39, 0.29) is 58.6 Å². The van der Waals surface area contributed by atoms with Gasteiger partial charge in [-0.05, 0) is 32.6 Å². The van der Waals surface area contributed by atoms with Crippen LogP contribution in [-0.2, 0) is 19.2 Å². The van der Waals surface area contributed by atoms with Crippen molar-refractivity contribution in [1.82, 2.24) is 20.4 Å². The molecule has 3 heterocycles. The predicted molar refractivity (Wildman–Crippen MR) is 127 cm³/mol. The number of aliphatic carboxylic acids is 1. The normalized spacial score (nSPS) is 35.7. The summed E-state index contributed by atoms with van der Waals surface area (Å²) in [5.74, 6) is -2.21. The second-order valence-electron chi connectivity index (χ2n) is 10.3. The number of nitrogens with one attached hydrogen (secondary N) is 2. The second-order valence-corrected chi connectivity index (χ2v) is 11.6. The summed E-state index contributed by atoms with van der Waals surface area (Å²) in [5.41, 5.74) is 5.98. The van der Waals surface area contributed by atoms with Crippen molar-refractivity contribution >= 4 is 35.5 Å². The van der Waals surface area contributed by atoms with Crippen molar-refractivity contribution in [2.24, 2.45) is 23.5 Å². The van der Waals surface area contributed by atoms with Crippen LogP contribution >= 0.6 is 11.8 Å². The van der Waals surface area contributed by atoms with Crippen LogP contribution in [0.25, 0.3) is 0 Å². The lowest BCUT2D eigenvalue weighted by Crippen LogP contribution is -2.66. The number of nitrogens with two attached hydrogens (primary N) is 1. The lowest BCUT2D eigenvalue weighted by atomic mass is 9.78. The van der Waals surface area contributed by atoms with E-state index in [9.17, 15) is 24.3 Å². The Kier molecular flexibility index (Phi) is 6.99. The lowest BCUT2D eigenvalue weighted by molar-refractivity contribution is -0.158. The number of carbonyl (C=O) groups is 4. The molecule has 2 saturated heterocycles. The minimum absolute atomic E-state index is 0.00172. The molecule has 188 valence electrons. The largest absolute Gasteiger partial charge is 0.477 e. The van der Waals surface area contributed by atoms with Crippen molar-refractivity contribution in [2.45, 2.75) is 68.9 Å². The Morgan fingerprint density at radius 3 is 2.56 bits per heavy atom. The fourth-order valence-electron chi connectivity index (χ4n) is 5.86. The van der Waals surface area contributed by atoms with Crippen LogP contribution in [0.15, 0.2) is 10.6 Å². The molecule has 1 saturated carbocycles. The van der Waals surface area contributed by atoms with E-state index < -0.39 is 17.9 Å². The van der Waals surface area contributed by atoms with Crippen LogP contribution in [0.1, 0.15) is 39.5 Å². The number of hydrogen-bond acceptors (Lipinski definition) is 7. The van der Waals surface area contributed by atoms with Gasteiger partial charge >= 0.3 is 5.97 Å². The molecular weight excluding hydrogens is 458 g/mol. The first-order valence-electron chi connectivity index (χ1n) is 12.0. The first kappa shape index (κ1) is 25.0. The monoisotopic (exact) mass is 493 g/mol. The summed E-state index contributed by atoms with van der Waals surface area (Å²) in [4.78, 5) is 53.9. The van der Waals surface area contributed by atoms with Crippen LogP contribution in [0.3, 0.4) is 0 Å². The Bertz CT molecular complexity index is 923. The summed E-state index contributed by atoms with van der Waals surface area (Å²) >= 11 is 1.46. The lowest BCUT2D eigenvalue weighted by Gasteiger charge is -2.47. The van der Waals surface area contributed by atoms with Gasteiger partial charge in [-0.1, -0.05) is 6.92 Å². The van der Waals surface area contributed by atoms with E-state index in [0.717, 1.165) is 12.8 Å². The standard InChI is InChI=1S/C23H35N5O5S/c1-10-17-16(11(2)26-20(29)12-5-6-13(24)7-12)22(31)28(17)18(23(32)33)19(10)34-14-8-15(25-9-14)21(30)27(3)4/h10-17,25H,5-9,24H2,1-4H3,(H,26,29)(H,32,33)/t10-,11?,12+,13-,14+,15+,16-,17-/m1/s1. The van der Waals surface area contributed by atoms with Crippen LogP contribution in [0.2, 0.25) is 0 Å². The quantitative estimate of drug-likeness (QED) is 0.361. The molecular formula is C23H35N5O5S. The fraction of sp³-hybridized carbons (Fsp3) is 0.739. The van der Waals surface area contributed by atoms with Gasteiger partial charge in [0.25, 0.3) is 0 Å². The van der Waals surface area contributed by atoms with Crippen LogP contribution in [-0.4, -0.2) is 88.7 Å². The number of amides is 3. The van der Waals surface area contributed by atoms with Gasteiger partial charge in [0.2, 0.25) is 17.7 Å². The molecule has 0 aromatic rings. The number of carboxylic acid groups (broad SMARTS) is 1. The molecule has 3 aliphatic heterocycles. The zero-order chi connectivity index (χ0) is 24.9. The molecule has 5 N–H and O–H groups in total. The Morgan fingerprint density at radius 1 is 1.26 bits per heavy atom. The van der Waals surface area contributed by atoms with Crippen molar-refractivity contribution in [1.29, 1.82) is 0 Å². The van der Waals surface area contributed by atoms with E-state index in [1.54, 1.807) is 19.0 Å². The number of rotatable bonds is 7. The minimum atomic E-state index is -1.12. The van der Waals surface area contributed by atoms with E-state index in [1.165, 1.54) is 16.7 Å². The van der Waals surface area contributed by atoms with Gasteiger partial charge in [-0.2, -0.15) is 0 Å². The second kappa shape index (κ2) is 9.50. The molecule has 10 nitrogen and oxygen atoms in total.